The van der Waals surface area contributed by atoms with Crippen molar-refractivity contribution in [3.63, 3.8) is 0 Å². The van der Waals surface area contributed by atoms with Crippen molar-refractivity contribution in [1.29, 1.82) is 0 Å². The molecule has 0 N–H and O–H groups in total. The van der Waals surface area contributed by atoms with E-state index in [9.17, 15) is 4.39 Å². The maximum atomic E-state index is 13.0. The van der Waals surface area contributed by atoms with Gasteiger partial charge in [-0.15, -0.1) is 0 Å². The number of hydrogen-bond acceptors (Lipinski definition) is 2. The van der Waals surface area contributed by atoms with Crippen LogP contribution in [0.2, 0.25) is 0 Å². The number of likely N-dealkylation sites (N-methyl/N-ethyl adjacent to an activating group) is 1. The van der Waals surface area contributed by atoms with Crippen molar-refractivity contribution in [2.45, 2.75) is 19.5 Å². The predicted molar refractivity (Wildman–Crippen MR) is 71.5 cm³/mol. The molecule has 1 fully saturated rings. The minimum atomic E-state index is -0.188. The molecule has 0 spiro atoms. The third kappa shape index (κ3) is 3.27. The lowest BCUT2D eigenvalue weighted by Gasteiger charge is -2.37. The lowest BCUT2D eigenvalue weighted by Crippen LogP contribution is -2.49. The fourth-order valence-electron chi connectivity index (χ4n) is 2.16. The van der Waals surface area contributed by atoms with Crippen LogP contribution in [0.25, 0.3) is 0 Å². The Morgan fingerprint density at radius 2 is 2.18 bits per heavy atom. The van der Waals surface area contributed by atoms with Gasteiger partial charge in [0.2, 0.25) is 0 Å². The smallest absolute Gasteiger partial charge is 0.124 e. The maximum absolute atomic E-state index is 13.0. The van der Waals surface area contributed by atoms with E-state index in [0.717, 1.165) is 36.2 Å². The van der Waals surface area contributed by atoms with Crippen LogP contribution < -0.4 is 0 Å². The summed E-state index contributed by atoms with van der Waals surface area (Å²) in [7, 11) is 2.16. The van der Waals surface area contributed by atoms with Crippen molar-refractivity contribution >= 4 is 15.9 Å². The molecule has 0 aromatic heterocycles. The zero-order valence-electron chi connectivity index (χ0n) is 10.3. The quantitative estimate of drug-likeness (QED) is 0.829. The van der Waals surface area contributed by atoms with E-state index in [1.54, 1.807) is 0 Å². The van der Waals surface area contributed by atoms with Gasteiger partial charge in [0.05, 0.1) is 0 Å². The van der Waals surface area contributed by atoms with Crippen LogP contribution in [-0.2, 0) is 6.54 Å². The molecule has 2 nitrogen and oxygen atoms in total. The van der Waals surface area contributed by atoms with E-state index in [-0.39, 0.29) is 5.82 Å². The molecule has 0 radical (unpaired) electrons. The summed E-state index contributed by atoms with van der Waals surface area (Å²) in [5.41, 5.74) is 1.16. The highest BCUT2D eigenvalue weighted by Crippen LogP contribution is 2.20. The Balaban J connectivity index is 2.01. The Kier molecular flexibility index (Phi) is 4.17. The van der Waals surface area contributed by atoms with E-state index < -0.39 is 0 Å². The molecule has 1 aromatic carbocycles. The number of benzene rings is 1. The first kappa shape index (κ1) is 13.0. The molecule has 1 heterocycles. The second-order valence-corrected chi connectivity index (χ2v) is 5.65. The Hall–Kier alpha value is -0.450. The predicted octanol–water partition coefficient (Wildman–Crippen LogP) is 2.72. The molecule has 1 aromatic rings. The Labute approximate surface area is 111 Å². The van der Waals surface area contributed by atoms with Gasteiger partial charge in [0.25, 0.3) is 0 Å². The molecule has 2 rings (SSSR count). The summed E-state index contributed by atoms with van der Waals surface area (Å²) in [5, 5.41) is 0. The molecule has 0 bridgehead atoms. The molecule has 4 heteroatoms. The fraction of sp³-hybridized carbons (Fsp3) is 0.538. The van der Waals surface area contributed by atoms with Crippen molar-refractivity contribution in [2.75, 3.05) is 26.7 Å². The van der Waals surface area contributed by atoms with Crippen LogP contribution in [0.15, 0.2) is 22.7 Å². The highest BCUT2D eigenvalue weighted by Gasteiger charge is 2.20. The SMILES string of the molecule is CC1CN(Cc2ccc(F)cc2Br)CCN1C. The van der Waals surface area contributed by atoms with E-state index in [1.807, 2.05) is 6.07 Å². The van der Waals surface area contributed by atoms with Gasteiger partial charge in [-0.25, -0.2) is 4.39 Å². The standard InChI is InChI=1S/C13H18BrFN2/c1-10-8-17(6-5-16(10)2)9-11-3-4-12(15)7-13(11)14/h3-4,7,10H,5-6,8-9H2,1-2H3. The van der Waals surface area contributed by atoms with Crippen molar-refractivity contribution < 1.29 is 4.39 Å². The van der Waals surface area contributed by atoms with Crippen molar-refractivity contribution in [3.05, 3.63) is 34.1 Å². The van der Waals surface area contributed by atoms with E-state index in [4.69, 9.17) is 0 Å². The van der Waals surface area contributed by atoms with Gasteiger partial charge in [0, 0.05) is 36.7 Å². The topological polar surface area (TPSA) is 6.48 Å². The zero-order valence-corrected chi connectivity index (χ0v) is 11.9. The minimum Gasteiger partial charge on any atom is -0.301 e. The molecule has 0 amide bonds. The first-order valence-corrected chi connectivity index (χ1v) is 6.72. The van der Waals surface area contributed by atoms with Gasteiger partial charge in [-0.2, -0.15) is 0 Å². The summed E-state index contributed by atoms with van der Waals surface area (Å²) >= 11 is 3.42. The summed E-state index contributed by atoms with van der Waals surface area (Å²) in [6.07, 6.45) is 0. The van der Waals surface area contributed by atoms with Crippen LogP contribution in [0.1, 0.15) is 12.5 Å². The highest BCUT2D eigenvalue weighted by molar-refractivity contribution is 9.10. The van der Waals surface area contributed by atoms with Gasteiger partial charge in [0.1, 0.15) is 5.82 Å². The maximum Gasteiger partial charge on any atom is 0.124 e. The molecular weight excluding hydrogens is 283 g/mol. The first-order valence-electron chi connectivity index (χ1n) is 5.93. The molecule has 0 saturated carbocycles. The van der Waals surface area contributed by atoms with Crippen LogP contribution >= 0.6 is 15.9 Å². The number of halogens is 2. The molecule has 1 atom stereocenters. The van der Waals surface area contributed by atoms with E-state index in [2.05, 4.69) is 39.7 Å². The number of rotatable bonds is 2. The minimum absolute atomic E-state index is 0.188. The first-order chi connectivity index (χ1) is 8.06. The molecule has 1 aliphatic rings. The molecule has 94 valence electrons. The molecular formula is C13H18BrFN2. The third-order valence-corrected chi connectivity index (χ3v) is 4.19. The van der Waals surface area contributed by atoms with Gasteiger partial charge < -0.3 is 4.90 Å². The van der Waals surface area contributed by atoms with Crippen LogP contribution in [0.3, 0.4) is 0 Å². The van der Waals surface area contributed by atoms with Gasteiger partial charge >= 0.3 is 0 Å². The zero-order chi connectivity index (χ0) is 12.4. The summed E-state index contributed by atoms with van der Waals surface area (Å²) < 4.78 is 13.9. The van der Waals surface area contributed by atoms with Gasteiger partial charge in [-0.05, 0) is 31.7 Å². The van der Waals surface area contributed by atoms with E-state index in [0.29, 0.717) is 6.04 Å². The second kappa shape index (κ2) is 5.46. The van der Waals surface area contributed by atoms with Crippen LogP contribution in [0.4, 0.5) is 4.39 Å². The molecule has 17 heavy (non-hydrogen) atoms. The van der Waals surface area contributed by atoms with Crippen molar-refractivity contribution in [3.8, 4) is 0 Å². The van der Waals surface area contributed by atoms with Crippen LogP contribution in [0, 0.1) is 5.82 Å². The van der Waals surface area contributed by atoms with Crippen LogP contribution in [0.5, 0.6) is 0 Å². The normalized spacial score (nSPS) is 22.9. The van der Waals surface area contributed by atoms with Crippen molar-refractivity contribution in [1.82, 2.24) is 9.80 Å². The number of hydrogen-bond donors (Lipinski definition) is 0. The third-order valence-electron chi connectivity index (χ3n) is 3.45. The van der Waals surface area contributed by atoms with Crippen molar-refractivity contribution in [2.24, 2.45) is 0 Å². The lowest BCUT2D eigenvalue weighted by atomic mass is 10.1. The summed E-state index contributed by atoms with van der Waals surface area (Å²) in [4.78, 5) is 4.79. The average Bonchev–Trinajstić information content (AvgIpc) is 2.27. The van der Waals surface area contributed by atoms with Crippen LogP contribution in [-0.4, -0.2) is 42.5 Å². The molecule has 1 unspecified atom stereocenters. The monoisotopic (exact) mass is 300 g/mol. The summed E-state index contributed by atoms with van der Waals surface area (Å²) in [6, 6.07) is 5.51. The summed E-state index contributed by atoms with van der Waals surface area (Å²) in [5.74, 6) is -0.188. The summed E-state index contributed by atoms with van der Waals surface area (Å²) in [6.45, 7) is 6.37. The average molecular weight is 301 g/mol. The van der Waals surface area contributed by atoms with Gasteiger partial charge in [-0.1, -0.05) is 22.0 Å². The fourth-order valence-corrected chi connectivity index (χ4v) is 2.63. The Morgan fingerprint density at radius 1 is 1.41 bits per heavy atom. The molecule has 1 aliphatic heterocycles. The highest BCUT2D eigenvalue weighted by atomic mass is 79.9. The Morgan fingerprint density at radius 3 is 2.82 bits per heavy atom. The number of nitrogens with zero attached hydrogens (tertiary/aromatic N) is 2. The molecule has 1 saturated heterocycles. The van der Waals surface area contributed by atoms with Gasteiger partial charge in [-0.3, -0.25) is 4.90 Å². The second-order valence-electron chi connectivity index (χ2n) is 4.80. The number of piperazine rings is 1. The lowest BCUT2D eigenvalue weighted by molar-refractivity contribution is 0.0998. The molecule has 0 aliphatic carbocycles. The van der Waals surface area contributed by atoms with E-state index >= 15 is 0 Å². The van der Waals surface area contributed by atoms with E-state index in [1.165, 1.54) is 12.1 Å². The van der Waals surface area contributed by atoms with Gasteiger partial charge in [0.15, 0.2) is 0 Å². The largest absolute Gasteiger partial charge is 0.301 e. The Bertz CT molecular complexity index is 397.